The van der Waals surface area contributed by atoms with E-state index >= 15 is 0 Å². The van der Waals surface area contributed by atoms with Crippen LogP contribution in [0.3, 0.4) is 0 Å². The van der Waals surface area contributed by atoms with Crippen LogP contribution in [0.2, 0.25) is 0 Å². The molecule has 1 rings (SSSR count). The Balaban J connectivity index is 2.66. The highest BCUT2D eigenvalue weighted by Gasteiger charge is 2.07. The number of rotatable bonds is 5. The third kappa shape index (κ3) is 3.52. The monoisotopic (exact) mass is 246 g/mol. The predicted molar refractivity (Wildman–Crippen MR) is 63.4 cm³/mol. The summed E-state index contributed by atoms with van der Waals surface area (Å²) in [6.45, 7) is 4.32. The minimum atomic E-state index is -2.94. The van der Waals surface area contributed by atoms with E-state index in [4.69, 9.17) is 0 Å². The average molecular weight is 246 g/mol. The van der Waals surface area contributed by atoms with E-state index in [0.29, 0.717) is 13.0 Å². The van der Waals surface area contributed by atoms with E-state index in [0.717, 1.165) is 0 Å². The molecule has 0 fully saturated rings. The fourth-order valence-corrected chi connectivity index (χ4v) is 2.14. The minimum absolute atomic E-state index is 0.0801. The van der Waals surface area contributed by atoms with E-state index < -0.39 is 9.84 Å². The standard InChI is InChI=1S/C10H18N2O3S/c1-9(2)12-7-6-11(10(12)13)5-4-8-16(3,14)15/h6-7,9H,4-5,8H2,1-3H3. The van der Waals surface area contributed by atoms with Gasteiger partial charge >= 0.3 is 5.69 Å². The van der Waals surface area contributed by atoms with Gasteiger partial charge in [-0.3, -0.25) is 9.13 Å². The number of aryl methyl sites for hydroxylation is 1. The zero-order chi connectivity index (χ0) is 12.3. The fraction of sp³-hybridized carbons (Fsp3) is 0.700. The van der Waals surface area contributed by atoms with E-state index in [2.05, 4.69) is 0 Å². The van der Waals surface area contributed by atoms with Crippen LogP contribution in [-0.4, -0.2) is 29.6 Å². The Morgan fingerprint density at radius 2 is 1.94 bits per heavy atom. The first-order chi connectivity index (χ1) is 7.31. The second kappa shape index (κ2) is 4.86. The van der Waals surface area contributed by atoms with Gasteiger partial charge in [0.1, 0.15) is 9.84 Å². The molecule has 6 heteroatoms. The van der Waals surface area contributed by atoms with Gasteiger partial charge in [-0.2, -0.15) is 0 Å². The van der Waals surface area contributed by atoms with Crippen molar-refractivity contribution in [2.75, 3.05) is 12.0 Å². The van der Waals surface area contributed by atoms with Crippen LogP contribution in [-0.2, 0) is 16.4 Å². The summed E-state index contributed by atoms with van der Waals surface area (Å²) in [6, 6.07) is 0.128. The van der Waals surface area contributed by atoms with Crippen LogP contribution in [0.4, 0.5) is 0 Å². The topological polar surface area (TPSA) is 61.1 Å². The van der Waals surface area contributed by atoms with Gasteiger partial charge in [-0.05, 0) is 20.3 Å². The molecule has 0 spiro atoms. The molecule has 0 aromatic carbocycles. The van der Waals surface area contributed by atoms with Crippen molar-refractivity contribution in [2.24, 2.45) is 0 Å². The molecular weight excluding hydrogens is 228 g/mol. The summed E-state index contributed by atoms with van der Waals surface area (Å²) < 4.78 is 25.0. The number of nitrogens with zero attached hydrogens (tertiary/aromatic N) is 2. The normalized spacial score (nSPS) is 12.2. The zero-order valence-corrected chi connectivity index (χ0v) is 10.7. The molecule has 1 aromatic rings. The van der Waals surface area contributed by atoms with E-state index in [-0.39, 0.29) is 17.5 Å². The van der Waals surface area contributed by atoms with Gasteiger partial charge in [-0.1, -0.05) is 0 Å². The lowest BCUT2D eigenvalue weighted by atomic mass is 10.4. The van der Waals surface area contributed by atoms with Crippen molar-refractivity contribution in [2.45, 2.75) is 32.9 Å². The van der Waals surface area contributed by atoms with Gasteiger partial charge in [0, 0.05) is 31.2 Å². The highest BCUT2D eigenvalue weighted by molar-refractivity contribution is 7.90. The van der Waals surface area contributed by atoms with Gasteiger partial charge in [0.15, 0.2) is 0 Å². The SMILES string of the molecule is CC(C)n1ccn(CCCS(C)(=O)=O)c1=O. The van der Waals surface area contributed by atoms with Crippen LogP contribution in [0.5, 0.6) is 0 Å². The number of aromatic nitrogens is 2. The maximum atomic E-state index is 11.7. The van der Waals surface area contributed by atoms with E-state index in [1.54, 1.807) is 21.5 Å². The average Bonchev–Trinajstić information content (AvgIpc) is 2.46. The van der Waals surface area contributed by atoms with Gasteiger partial charge in [0.05, 0.1) is 5.75 Å². The predicted octanol–water partition coefficient (Wildman–Crippen LogP) is 0.665. The molecule has 0 aliphatic carbocycles. The number of sulfone groups is 1. The van der Waals surface area contributed by atoms with Crippen LogP contribution >= 0.6 is 0 Å². The molecule has 0 bridgehead atoms. The molecule has 16 heavy (non-hydrogen) atoms. The molecule has 0 radical (unpaired) electrons. The molecule has 1 aromatic heterocycles. The van der Waals surface area contributed by atoms with E-state index in [9.17, 15) is 13.2 Å². The van der Waals surface area contributed by atoms with Crippen LogP contribution < -0.4 is 5.69 Å². The van der Waals surface area contributed by atoms with E-state index in [1.807, 2.05) is 13.8 Å². The van der Waals surface area contributed by atoms with Gasteiger partial charge in [0.25, 0.3) is 0 Å². The molecule has 92 valence electrons. The molecule has 5 nitrogen and oxygen atoms in total. The zero-order valence-electron chi connectivity index (χ0n) is 9.88. The van der Waals surface area contributed by atoms with Crippen molar-refractivity contribution in [3.63, 3.8) is 0 Å². The molecule has 0 aliphatic rings. The number of hydrogen-bond donors (Lipinski definition) is 0. The Kier molecular flexibility index (Phi) is 3.96. The lowest BCUT2D eigenvalue weighted by Crippen LogP contribution is -2.25. The lowest BCUT2D eigenvalue weighted by molar-refractivity contribution is 0.545. The molecule has 0 N–H and O–H groups in total. The fourth-order valence-electron chi connectivity index (χ4n) is 1.49. The second-order valence-corrected chi connectivity index (χ2v) is 6.52. The minimum Gasteiger partial charge on any atom is -0.299 e. The summed E-state index contributed by atoms with van der Waals surface area (Å²) in [7, 11) is -2.94. The summed E-state index contributed by atoms with van der Waals surface area (Å²) in [5.74, 6) is 0.117. The third-order valence-corrected chi connectivity index (χ3v) is 3.37. The largest absolute Gasteiger partial charge is 0.328 e. The Bertz CT molecular complexity index is 496. The van der Waals surface area contributed by atoms with Crippen LogP contribution in [0.25, 0.3) is 0 Å². The smallest absolute Gasteiger partial charge is 0.299 e. The maximum Gasteiger partial charge on any atom is 0.328 e. The van der Waals surface area contributed by atoms with Crippen molar-refractivity contribution in [1.82, 2.24) is 9.13 Å². The van der Waals surface area contributed by atoms with Crippen LogP contribution in [0.15, 0.2) is 17.2 Å². The molecule has 1 heterocycles. The molecule has 0 saturated heterocycles. The second-order valence-electron chi connectivity index (χ2n) is 4.26. The molecule has 0 atom stereocenters. The van der Waals surface area contributed by atoms with Gasteiger partial charge in [-0.15, -0.1) is 0 Å². The maximum absolute atomic E-state index is 11.7. The van der Waals surface area contributed by atoms with Crippen LogP contribution in [0, 0.1) is 0 Å². The third-order valence-electron chi connectivity index (χ3n) is 2.34. The van der Waals surface area contributed by atoms with Crippen molar-refractivity contribution < 1.29 is 8.42 Å². The summed E-state index contributed by atoms with van der Waals surface area (Å²) in [5, 5.41) is 0. The summed E-state index contributed by atoms with van der Waals surface area (Å²) in [6.07, 6.45) is 5.11. The van der Waals surface area contributed by atoms with Crippen LogP contribution in [0.1, 0.15) is 26.3 Å². The molecular formula is C10H18N2O3S. The first kappa shape index (κ1) is 13.0. The number of hydrogen-bond acceptors (Lipinski definition) is 3. The summed E-state index contributed by atoms with van der Waals surface area (Å²) in [4.78, 5) is 11.7. The van der Waals surface area contributed by atoms with Crippen molar-refractivity contribution in [3.8, 4) is 0 Å². The Morgan fingerprint density at radius 1 is 1.31 bits per heavy atom. The molecule has 0 aliphatic heterocycles. The van der Waals surface area contributed by atoms with Crippen molar-refractivity contribution in [3.05, 3.63) is 22.9 Å². The Labute approximate surface area is 95.6 Å². The van der Waals surface area contributed by atoms with Gasteiger partial charge in [-0.25, -0.2) is 13.2 Å². The van der Waals surface area contributed by atoms with E-state index in [1.165, 1.54) is 6.26 Å². The highest BCUT2D eigenvalue weighted by atomic mass is 32.2. The first-order valence-electron chi connectivity index (χ1n) is 5.26. The highest BCUT2D eigenvalue weighted by Crippen LogP contribution is 2.00. The van der Waals surface area contributed by atoms with Crippen molar-refractivity contribution >= 4 is 9.84 Å². The Morgan fingerprint density at radius 3 is 2.38 bits per heavy atom. The summed E-state index contributed by atoms with van der Waals surface area (Å²) >= 11 is 0. The molecule has 0 saturated carbocycles. The van der Waals surface area contributed by atoms with Crippen molar-refractivity contribution in [1.29, 1.82) is 0 Å². The first-order valence-corrected chi connectivity index (χ1v) is 7.32. The van der Waals surface area contributed by atoms with Gasteiger partial charge in [0.2, 0.25) is 0 Å². The Hall–Kier alpha value is -1.04. The molecule has 0 amide bonds. The van der Waals surface area contributed by atoms with Gasteiger partial charge < -0.3 is 0 Å². The quantitative estimate of drug-likeness (QED) is 0.767. The lowest BCUT2D eigenvalue weighted by Gasteiger charge is -2.04. The molecule has 0 unspecified atom stereocenters. The summed E-state index contributed by atoms with van der Waals surface area (Å²) in [5.41, 5.74) is -0.0801. The number of imidazole rings is 1.